The van der Waals surface area contributed by atoms with Gasteiger partial charge in [0.15, 0.2) is 0 Å². The predicted molar refractivity (Wildman–Crippen MR) is 75.3 cm³/mol. The van der Waals surface area contributed by atoms with Crippen LogP contribution in [0.1, 0.15) is 45.6 Å². The Morgan fingerprint density at radius 2 is 2.32 bits per heavy atom. The molecule has 0 saturated heterocycles. The van der Waals surface area contributed by atoms with E-state index in [0.717, 1.165) is 22.0 Å². The van der Waals surface area contributed by atoms with E-state index in [1.54, 1.807) is 17.5 Å². The van der Waals surface area contributed by atoms with Crippen LogP contribution in [-0.2, 0) is 0 Å². The number of aromatic nitrogens is 2. The van der Waals surface area contributed by atoms with Gasteiger partial charge in [0.05, 0.1) is 11.6 Å². The van der Waals surface area contributed by atoms with Crippen LogP contribution in [0.15, 0.2) is 17.6 Å². The van der Waals surface area contributed by atoms with Crippen LogP contribution in [0.3, 0.4) is 0 Å². The first kappa shape index (κ1) is 12.4. The standard InChI is InChI=1S/C14H17N3OS/c1-8-7-19-14(16-8)12(10-3-4-10)17-13(18)11-5-6-15-9(11)2/h5-7,10,12,15H,3-4H2,1-2H3,(H,17,18). The molecule has 1 aliphatic carbocycles. The van der Waals surface area contributed by atoms with E-state index in [1.165, 1.54) is 12.8 Å². The Balaban J connectivity index is 1.79. The second kappa shape index (κ2) is 4.81. The van der Waals surface area contributed by atoms with Crippen LogP contribution >= 0.6 is 11.3 Å². The molecule has 4 nitrogen and oxygen atoms in total. The van der Waals surface area contributed by atoms with Crippen molar-refractivity contribution in [1.29, 1.82) is 0 Å². The quantitative estimate of drug-likeness (QED) is 0.901. The van der Waals surface area contributed by atoms with E-state index in [0.29, 0.717) is 5.92 Å². The molecule has 3 rings (SSSR count). The second-order valence-corrected chi connectivity index (χ2v) is 6.02. The zero-order valence-corrected chi connectivity index (χ0v) is 11.9. The molecule has 1 aliphatic rings. The molecule has 2 aromatic rings. The molecule has 2 aromatic heterocycles. The molecule has 1 fully saturated rings. The first-order valence-electron chi connectivity index (χ1n) is 6.52. The number of nitrogens with zero attached hydrogens (tertiary/aromatic N) is 1. The van der Waals surface area contributed by atoms with Crippen LogP contribution in [0.25, 0.3) is 0 Å². The number of nitrogens with one attached hydrogen (secondary N) is 2. The minimum atomic E-state index is -0.0106. The van der Waals surface area contributed by atoms with Crippen LogP contribution < -0.4 is 5.32 Å². The van der Waals surface area contributed by atoms with E-state index >= 15 is 0 Å². The van der Waals surface area contributed by atoms with Crippen LogP contribution in [0.4, 0.5) is 0 Å². The Bertz CT molecular complexity index is 597. The number of amides is 1. The van der Waals surface area contributed by atoms with Crippen molar-refractivity contribution >= 4 is 17.2 Å². The minimum Gasteiger partial charge on any atom is -0.365 e. The Morgan fingerprint density at radius 1 is 1.53 bits per heavy atom. The Kier molecular flexibility index (Phi) is 3.14. The van der Waals surface area contributed by atoms with Crippen molar-refractivity contribution in [2.75, 3.05) is 0 Å². The highest BCUT2D eigenvalue weighted by molar-refractivity contribution is 7.09. The molecule has 0 radical (unpaired) electrons. The first-order valence-corrected chi connectivity index (χ1v) is 7.40. The topological polar surface area (TPSA) is 57.8 Å². The molecule has 0 spiro atoms. The van der Waals surface area contributed by atoms with Gasteiger partial charge in [0.25, 0.3) is 5.91 Å². The lowest BCUT2D eigenvalue weighted by atomic mass is 10.1. The van der Waals surface area contributed by atoms with Crippen molar-refractivity contribution in [3.8, 4) is 0 Å². The second-order valence-electron chi connectivity index (χ2n) is 5.13. The van der Waals surface area contributed by atoms with Gasteiger partial charge in [-0.2, -0.15) is 0 Å². The summed E-state index contributed by atoms with van der Waals surface area (Å²) in [6.45, 7) is 3.90. The van der Waals surface area contributed by atoms with Crippen LogP contribution in [0.5, 0.6) is 0 Å². The molecular formula is C14H17N3OS. The lowest BCUT2D eigenvalue weighted by molar-refractivity contribution is 0.0931. The molecule has 0 aromatic carbocycles. The summed E-state index contributed by atoms with van der Waals surface area (Å²) in [6, 6.07) is 1.89. The van der Waals surface area contributed by atoms with Crippen molar-refractivity contribution in [1.82, 2.24) is 15.3 Å². The lowest BCUT2D eigenvalue weighted by Gasteiger charge is -2.15. The highest BCUT2D eigenvalue weighted by Crippen LogP contribution is 2.42. The van der Waals surface area contributed by atoms with Crippen molar-refractivity contribution in [3.63, 3.8) is 0 Å². The molecule has 2 N–H and O–H groups in total. The number of hydrogen-bond acceptors (Lipinski definition) is 3. The van der Waals surface area contributed by atoms with E-state index in [2.05, 4.69) is 15.3 Å². The molecule has 0 aliphatic heterocycles. The number of carbonyl (C=O) groups excluding carboxylic acids is 1. The van der Waals surface area contributed by atoms with E-state index in [1.807, 2.05) is 25.3 Å². The maximum Gasteiger partial charge on any atom is 0.253 e. The van der Waals surface area contributed by atoms with Crippen molar-refractivity contribution in [2.24, 2.45) is 5.92 Å². The summed E-state index contributed by atoms with van der Waals surface area (Å²) in [5.74, 6) is 0.539. The summed E-state index contributed by atoms with van der Waals surface area (Å²) in [5.41, 5.74) is 2.65. The maximum absolute atomic E-state index is 12.3. The minimum absolute atomic E-state index is 0.0106. The van der Waals surface area contributed by atoms with Crippen molar-refractivity contribution in [3.05, 3.63) is 39.6 Å². The monoisotopic (exact) mass is 275 g/mol. The molecule has 5 heteroatoms. The normalized spacial score (nSPS) is 16.3. The Labute approximate surface area is 116 Å². The van der Waals surface area contributed by atoms with Crippen molar-refractivity contribution in [2.45, 2.75) is 32.7 Å². The highest BCUT2D eigenvalue weighted by atomic mass is 32.1. The van der Waals surface area contributed by atoms with Gasteiger partial charge in [-0.15, -0.1) is 11.3 Å². The molecule has 1 atom stereocenters. The van der Waals surface area contributed by atoms with Gasteiger partial charge in [-0.3, -0.25) is 4.79 Å². The zero-order valence-electron chi connectivity index (χ0n) is 11.1. The predicted octanol–water partition coefficient (Wildman–Crippen LogP) is 2.97. The van der Waals surface area contributed by atoms with Crippen molar-refractivity contribution < 1.29 is 4.79 Å². The van der Waals surface area contributed by atoms with Gasteiger partial charge in [-0.25, -0.2) is 4.98 Å². The molecule has 2 heterocycles. The average molecular weight is 275 g/mol. The van der Waals surface area contributed by atoms with Crippen LogP contribution in [-0.4, -0.2) is 15.9 Å². The fourth-order valence-electron chi connectivity index (χ4n) is 2.24. The molecule has 1 saturated carbocycles. The lowest BCUT2D eigenvalue weighted by Crippen LogP contribution is -2.30. The SMILES string of the molecule is Cc1csc(C(NC(=O)c2cc[nH]c2C)C2CC2)n1. The van der Waals surface area contributed by atoms with E-state index < -0.39 is 0 Å². The average Bonchev–Trinajstić information content (AvgIpc) is 2.99. The zero-order chi connectivity index (χ0) is 13.4. The number of aryl methyl sites for hydroxylation is 2. The third-order valence-electron chi connectivity index (χ3n) is 3.48. The van der Waals surface area contributed by atoms with Crippen LogP contribution in [0.2, 0.25) is 0 Å². The molecule has 19 heavy (non-hydrogen) atoms. The summed E-state index contributed by atoms with van der Waals surface area (Å²) < 4.78 is 0. The smallest absolute Gasteiger partial charge is 0.253 e. The fraction of sp³-hybridized carbons (Fsp3) is 0.429. The van der Waals surface area contributed by atoms with Crippen LogP contribution in [0, 0.1) is 19.8 Å². The Morgan fingerprint density at radius 3 is 2.84 bits per heavy atom. The number of aromatic amines is 1. The Hall–Kier alpha value is -1.62. The van der Waals surface area contributed by atoms with E-state index in [-0.39, 0.29) is 11.9 Å². The van der Waals surface area contributed by atoms with Gasteiger partial charge in [0, 0.05) is 23.0 Å². The number of hydrogen-bond donors (Lipinski definition) is 2. The molecule has 0 bridgehead atoms. The van der Waals surface area contributed by atoms with Gasteiger partial charge in [-0.05, 0) is 38.7 Å². The van der Waals surface area contributed by atoms with E-state index in [9.17, 15) is 4.79 Å². The molecule has 1 unspecified atom stereocenters. The largest absolute Gasteiger partial charge is 0.365 e. The van der Waals surface area contributed by atoms with Gasteiger partial charge in [0.2, 0.25) is 0 Å². The molecule has 1 amide bonds. The summed E-state index contributed by atoms with van der Waals surface area (Å²) in [5, 5.41) is 6.21. The highest BCUT2D eigenvalue weighted by Gasteiger charge is 2.35. The van der Waals surface area contributed by atoms with E-state index in [4.69, 9.17) is 0 Å². The third kappa shape index (κ3) is 2.56. The van der Waals surface area contributed by atoms with Gasteiger partial charge < -0.3 is 10.3 Å². The molecule has 100 valence electrons. The summed E-state index contributed by atoms with van der Waals surface area (Å²) in [4.78, 5) is 19.9. The maximum atomic E-state index is 12.3. The first-order chi connectivity index (χ1) is 9.15. The number of thiazole rings is 1. The van der Waals surface area contributed by atoms with Gasteiger partial charge in [-0.1, -0.05) is 0 Å². The molecular weight excluding hydrogens is 258 g/mol. The number of rotatable bonds is 4. The summed E-state index contributed by atoms with van der Waals surface area (Å²) in [6.07, 6.45) is 4.15. The van der Waals surface area contributed by atoms with Gasteiger partial charge in [0.1, 0.15) is 5.01 Å². The number of H-pyrrole nitrogens is 1. The fourth-order valence-corrected chi connectivity index (χ4v) is 3.18. The van der Waals surface area contributed by atoms with Gasteiger partial charge >= 0.3 is 0 Å². The summed E-state index contributed by atoms with van der Waals surface area (Å²) >= 11 is 1.64. The third-order valence-corrected chi connectivity index (χ3v) is 4.53. The summed E-state index contributed by atoms with van der Waals surface area (Å²) in [7, 11) is 0. The number of carbonyl (C=O) groups is 1.